The first-order valence-corrected chi connectivity index (χ1v) is 36.2. The van der Waals surface area contributed by atoms with Gasteiger partial charge < -0.3 is 65.1 Å². The number of aliphatic hydroxyl groups is 8. The first-order chi connectivity index (χ1) is 43.1. The fourth-order valence-corrected chi connectivity index (χ4v) is 11.7. The summed E-state index contributed by atoms with van der Waals surface area (Å²) in [5.74, 6) is -0.205. The molecule has 0 aromatic rings. The van der Waals surface area contributed by atoms with E-state index in [0.29, 0.717) is 12.8 Å². The molecule has 2 saturated heterocycles. The van der Waals surface area contributed by atoms with Crippen LogP contribution in [-0.4, -0.2) is 140 Å². The van der Waals surface area contributed by atoms with E-state index >= 15 is 0 Å². The van der Waals surface area contributed by atoms with Gasteiger partial charge in [-0.2, -0.15) is 0 Å². The number of allylic oxidation sites excluding steroid dienone is 12. The summed E-state index contributed by atoms with van der Waals surface area (Å²) in [4.78, 5) is 13.4. The Morgan fingerprint density at radius 3 is 1.20 bits per heavy atom. The Kier molecular flexibility index (Phi) is 54.0. The van der Waals surface area contributed by atoms with E-state index in [2.05, 4.69) is 92.1 Å². The van der Waals surface area contributed by atoms with Crippen LogP contribution in [0.2, 0.25) is 0 Å². The molecule has 0 radical (unpaired) electrons. The summed E-state index contributed by atoms with van der Waals surface area (Å²) in [6, 6.07) is -0.832. The first kappa shape index (κ1) is 81.5. The molecule has 0 bridgehead atoms. The zero-order chi connectivity index (χ0) is 63.8. The van der Waals surface area contributed by atoms with E-state index in [9.17, 15) is 45.6 Å². The number of amides is 1. The monoisotopic (exact) mass is 1240 g/mol. The van der Waals surface area contributed by atoms with Gasteiger partial charge in [-0.05, 0) is 64.2 Å². The molecule has 2 aliphatic rings. The molecule has 0 spiro atoms. The number of carbonyl (C=O) groups is 1. The van der Waals surface area contributed by atoms with Gasteiger partial charge in [-0.3, -0.25) is 4.79 Å². The van der Waals surface area contributed by atoms with Crippen molar-refractivity contribution in [2.24, 2.45) is 0 Å². The smallest absolute Gasteiger partial charge is 0.220 e. The largest absolute Gasteiger partial charge is 0.394 e. The molecule has 1 amide bonds. The number of carbonyl (C=O) groups excluding carboxylic acids is 1. The molecule has 12 unspecified atom stereocenters. The van der Waals surface area contributed by atoms with Crippen LogP contribution in [0.3, 0.4) is 0 Å². The summed E-state index contributed by atoms with van der Waals surface area (Å²) < 4.78 is 22.9. The highest BCUT2D eigenvalue weighted by molar-refractivity contribution is 5.76. The Hall–Kier alpha value is -2.57. The third-order valence-corrected chi connectivity index (χ3v) is 17.4. The number of hydrogen-bond donors (Lipinski definition) is 9. The molecule has 12 atom stereocenters. The summed E-state index contributed by atoms with van der Waals surface area (Å²) in [6.45, 7) is 2.78. The van der Waals surface area contributed by atoms with Crippen molar-refractivity contribution < 1.29 is 64.6 Å². The zero-order valence-corrected chi connectivity index (χ0v) is 55.7. The minimum Gasteiger partial charge on any atom is -0.394 e. The van der Waals surface area contributed by atoms with E-state index in [1.165, 1.54) is 180 Å². The van der Waals surface area contributed by atoms with Gasteiger partial charge in [0.05, 0.1) is 32.0 Å². The van der Waals surface area contributed by atoms with E-state index < -0.39 is 86.8 Å². The molecule has 9 N–H and O–H groups in total. The molecular weight excluding hydrogens is 1110 g/mol. The number of aliphatic hydroxyl groups excluding tert-OH is 8. The molecule has 2 fully saturated rings. The quantitative estimate of drug-likeness (QED) is 0.0204. The van der Waals surface area contributed by atoms with Crippen molar-refractivity contribution in [3.63, 3.8) is 0 Å². The van der Waals surface area contributed by atoms with Gasteiger partial charge in [0.15, 0.2) is 12.6 Å². The van der Waals surface area contributed by atoms with Crippen LogP contribution in [0.25, 0.3) is 0 Å². The topological polar surface area (TPSA) is 228 Å². The average Bonchev–Trinajstić information content (AvgIpc) is 1.84. The fourth-order valence-electron chi connectivity index (χ4n) is 11.7. The molecular formula is C74H133NO13. The maximum Gasteiger partial charge on any atom is 0.220 e. The second kappa shape index (κ2) is 58.3. The van der Waals surface area contributed by atoms with E-state index in [4.69, 9.17) is 18.9 Å². The van der Waals surface area contributed by atoms with Crippen molar-refractivity contribution >= 4 is 5.91 Å². The SMILES string of the molecule is CC/C=C\C/C=C\C/C=C\C/C=C\C/C=C\C/C=C\CCCCCCCCCCCCCCCCCCC(=O)NC(COC1OC(CO)C(OC2OC(CO)C(O)C(O)C2O)C(O)C1O)C(O)CCCCCCCCCCCCCCCCCCCCC. The Morgan fingerprint density at radius 1 is 0.420 bits per heavy atom. The number of rotatable bonds is 59. The summed E-state index contributed by atoms with van der Waals surface area (Å²) in [5.41, 5.74) is 0. The van der Waals surface area contributed by atoms with Crippen LogP contribution in [0.4, 0.5) is 0 Å². The molecule has 2 rings (SSSR count). The van der Waals surface area contributed by atoms with Crippen LogP contribution in [0, 0.1) is 0 Å². The molecule has 512 valence electrons. The van der Waals surface area contributed by atoms with Gasteiger partial charge in [0, 0.05) is 6.42 Å². The van der Waals surface area contributed by atoms with E-state index in [-0.39, 0.29) is 12.5 Å². The number of hydrogen-bond acceptors (Lipinski definition) is 13. The van der Waals surface area contributed by atoms with Gasteiger partial charge in [0.2, 0.25) is 5.91 Å². The van der Waals surface area contributed by atoms with Crippen molar-refractivity contribution in [3.8, 4) is 0 Å². The summed E-state index contributed by atoms with van der Waals surface area (Å²) in [6.07, 6.45) is 62.0. The van der Waals surface area contributed by atoms with Crippen molar-refractivity contribution in [3.05, 3.63) is 72.9 Å². The molecule has 88 heavy (non-hydrogen) atoms. The van der Waals surface area contributed by atoms with Crippen molar-refractivity contribution in [2.75, 3.05) is 19.8 Å². The molecule has 14 nitrogen and oxygen atoms in total. The minimum absolute atomic E-state index is 0.205. The van der Waals surface area contributed by atoms with Gasteiger partial charge in [-0.15, -0.1) is 0 Å². The molecule has 0 aromatic carbocycles. The van der Waals surface area contributed by atoms with Crippen molar-refractivity contribution in [1.82, 2.24) is 5.32 Å². The Bertz CT molecular complexity index is 1750. The van der Waals surface area contributed by atoms with Gasteiger partial charge in [0.1, 0.15) is 48.8 Å². The second-order valence-electron chi connectivity index (χ2n) is 25.3. The summed E-state index contributed by atoms with van der Waals surface area (Å²) in [5, 5.41) is 87.6. The third kappa shape index (κ3) is 41.8. The number of ether oxygens (including phenoxy) is 4. The molecule has 0 saturated carbocycles. The molecule has 14 heteroatoms. The lowest BCUT2D eigenvalue weighted by Gasteiger charge is -2.46. The maximum atomic E-state index is 13.4. The second-order valence-corrected chi connectivity index (χ2v) is 25.3. The Morgan fingerprint density at radius 2 is 0.784 bits per heavy atom. The van der Waals surface area contributed by atoms with E-state index in [0.717, 1.165) is 89.9 Å². The van der Waals surface area contributed by atoms with Gasteiger partial charge in [-0.25, -0.2) is 0 Å². The summed E-state index contributed by atoms with van der Waals surface area (Å²) >= 11 is 0. The van der Waals surface area contributed by atoms with Gasteiger partial charge in [0.25, 0.3) is 0 Å². The highest BCUT2D eigenvalue weighted by Crippen LogP contribution is 2.30. The molecule has 2 heterocycles. The fraction of sp³-hybridized carbons (Fsp3) is 0.824. The summed E-state index contributed by atoms with van der Waals surface area (Å²) in [7, 11) is 0. The van der Waals surface area contributed by atoms with Gasteiger partial charge in [-0.1, -0.05) is 299 Å². The van der Waals surface area contributed by atoms with E-state index in [1.807, 2.05) is 0 Å². The number of nitrogens with one attached hydrogen (secondary N) is 1. The predicted molar refractivity (Wildman–Crippen MR) is 360 cm³/mol. The average molecular weight is 1240 g/mol. The van der Waals surface area contributed by atoms with E-state index in [1.54, 1.807) is 0 Å². The standard InChI is InChI=1S/C74H133NO13/c1-3-5-7-9-11-13-15-17-19-21-23-24-25-26-27-28-29-30-31-32-33-34-35-36-37-38-40-42-44-46-48-50-52-54-56-58-66(79)75-62(63(78)57-55-53-51-49-47-45-43-41-39-22-20-18-16-14-12-10-8-6-4-2)61-85-73-71(84)69(82)72(65(60-77)87-73)88-74-70(83)68(81)67(80)64(59-76)86-74/h5,7,11,13,17,19,23-24,26-27,29-30,62-65,67-74,76-78,80-84H,3-4,6,8-10,12,14-16,18,20-22,25,28,31-61H2,1-2H3,(H,75,79)/b7-5-,13-11-,19-17-,24-23-,27-26-,30-29-. The predicted octanol–water partition coefficient (Wildman–Crippen LogP) is 15.0. The number of unbranched alkanes of at least 4 members (excludes halogenated alkanes) is 34. The van der Waals surface area contributed by atoms with Crippen LogP contribution in [-0.2, 0) is 23.7 Å². The lowest BCUT2D eigenvalue weighted by atomic mass is 9.97. The van der Waals surface area contributed by atoms with Crippen LogP contribution in [0.1, 0.15) is 296 Å². The maximum absolute atomic E-state index is 13.4. The van der Waals surface area contributed by atoms with Crippen molar-refractivity contribution in [2.45, 2.75) is 370 Å². The highest BCUT2D eigenvalue weighted by Gasteiger charge is 2.51. The van der Waals surface area contributed by atoms with Crippen molar-refractivity contribution in [1.29, 1.82) is 0 Å². The molecule has 0 aromatic heterocycles. The minimum atomic E-state index is -1.78. The molecule has 2 aliphatic heterocycles. The first-order valence-electron chi connectivity index (χ1n) is 36.2. The van der Waals surface area contributed by atoms with Gasteiger partial charge >= 0.3 is 0 Å². The zero-order valence-electron chi connectivity index (χ0n) is 55.7. The lowest BCUT2D eigenvalue weighted by Crippen LogP contribution is -2.65. The van der Waals surface area contributed by atoms with Crippen LogP contribution >= 0.6 is 0 Å². The third-order valence-electron chi connectivity index (χ3n) is 17.4. The van der Waals surface area contributed by atoms with Crippen LogP contribution in [0.5, 0.6) is 0 Å². The normalized spacial score (nSPS) is 23.6. The highest BCUT2D eigenvalue weighted by atomic mass is 16.7. The van der Waals surface area contributed by atoms with Crippen LogP contribution < -0.4 is 5.32 Å². The van der Waals surface area contributed by atoms with Crippen LogP contribution in [0.15, 0.2) is 72.9 Å². The Balaban J connectivity index is 1.62. The lowest BCUT2D eigenvalue weighted by molar-refractivity contribution is -0.359. The Labute approximate surface area is 536 Å². The molecule has 0 aliphatic carbocycles.